The lowest BCUT2D eigenvalue weighted by Crippen LogP contribution is -2.27. The van der Waals surface area contributed by atoms with E-state index in [-0.39, 0.29) is 11.3 Å². The van der Waals surface area contributed by atoms with Crippen LogP contribution in [0.5, 0.6) is 5.75 Å². The van der Waals surface area contributed by atoms with Gasteiger partial charge in [0.25, 0.3) is 0 Å². The predicted molar refractivity (Wildman–Crippen MR) is 109 cm³/mol. The Bertz CT molecular complexity index is 987. The van der Waals surface area contributed by atoms with Crippen LogP contribution in [0.25, 0.3) is 5.69 Å². The van der Waals surface area contributed by atoms with Crippen molar-refractivity contribution in [3.8, 4) is 11.4 Å². The molecule has 2 heterocycles. The van der Waals surface area contributed by atoms with Crippen molar-refractivity contribution in [2.45, 2.75) is 6.92 Å². The largest absolute Gasteiger partial charge is 0.492 e. The number of carbonyl (C=O) groups excluding carboxylic acids is 2. The zero-order valence-corrected chi connectivity index (χ0v) is 16.5. The van der Waals surface area contributed by atoms with Gasteiger partial charge in [-0.15, -0.1) is 0 Å². The van der Waals surface area contributed by atoms with Crippen molar-refractivity contribution in [1.29, 1.82) is 0 Å². The number of ether oxygens (including phenoxy) is 3. The van der Waals surface area contributed by atoms with Crippen LogP contribution in [0.15, 0.2) is 78.4 Å². The molecule has 0 saturated heterocycles. The predicted octanol–water partition coefficient (Wildman–Crippen LogP) is 3.37. The molecule has 1 aromatic carbocycles. The van der Waals surface area contributed by atoms with Gasteiger partial charge in [-0.3, -0.25) is 0 Å². The molecule has 0 aliphatic carbocycles. The number of hydrogen-bond acceptors (Lipinski definition) is 6. The van der Waals surface area contributed by atoms with E-state index in [0.29, 0.717) is 18.0 Å². The summed E-state index contributed by atoms with van der Waals surface area (Å²) < 4.78 is 17.5. The maximum absolute atomic E-state index is 12.6. The summed E-state index contributed by atoms with van der Waals surface area (Å²) in [5.41, 5.74) is 1.61. The molecule has 0 atom stereocenters. The first-order chi connectivity index (χ1) is 14.1. The van der Waals surface area contributed by atoms with Gasteiger partial charge in [0.15, 0.2) is 0 Å². The molecule has 3 rings (SSSR count). The Morgan fingerprint density at radius 1 is 1.00 bits per heavy atom. The Hall–Kier alpha value is -3.74. The molecule has 150 valence electrons. The fourth-order valence-corrected chi connectivity index (χ4v) is 3.00. The monoisotopic (exact) mass is 394 g/mol. The molecule has 0 spiro atoms. The van der Waals surface area contributed by atoms with Crippen LogP contribution in [0.3, 0.4) is 0 Å². The average Bonchev–Trinajstić information content (AvgIpc) is 3.19. The summed E-state index contributed by atoms with van der Waals surface area (Å²) >= 11 is 0. The van der Waals surface area contributed by atoms with Crippen molar-refractivity contribution in [1.82, 2.24) is 4.57 Å². The summed E-state index contributed by atoms with van der Waals surface area (Å²) in [6, 6.07) is 9.33. The molecule has 7 heteroatoms. The lowest BCUT2D eigenvalue weighted by Gasteiger charge is -2.24. The van der Waals surface area contributed by atoms with Gasteiger partial charge >= 0.3 is 11.9 Å². The molecule has 0 unspecified atom stereocenters. The van der Waals surface area contributed by atoms with Gasteiger partial charge in [0.05, 0.1) is 32.1 Å². The van der Waals surface area contributed by atoms with Crippen molar-refractivity contribution >= 4 is 17.6 Å². The maximum Gasteiger partial charge on any atom is 0.355 e. The molecule has 0 fully saturated rings. The fraction of sp³-hybridized carbons (Fsp3) is 0.182. The van der Waals surface area contributed by atoms with E-state index < -0.39 is 11.9 Å². The number of carbonyl (C=O) groups is 2. The SMILES string of the molecule is CCOc1ccc(N2C=CC=CC(C(=O)OC)=C2C(=O)OC)cc1-n1cccc1. The van der Waals surface area contributed by atoms with Gasteiger partial charge in [0.2, 0.25) is 0 Å². The molecule has 2 aromatic rings. The minimum absolute atomic E-state index is 0.0620. The number of hydrogen-bond donors (Lipinski definition) is 0. The Labute approximate surface area is 169 Å². The Balaban J connectivity index is 2.18. The summed E-state index contributed by atoms with van der Waals surface area (Å²) in [5.74, 6) is -0.592. The Morgan fingerprint density at radius 2 is 1.72 bits per heavy atom. The zero-order valence-electron chi connectivity index (χ0n) is 16.5. The third-order valence-corrected chi connectivity index (χ3v) is 4.29. The minimum atomic E-state index is -0.655. The number of benzene rings is 1. The minimum Gasteiger partial charge on any atom is -0.492 e. The van der Waals surface area contributed by atoms with Gasteiger partial charge in [-0.1, -0.05) is 6.08 Å². The highest BCUT2D eigenvalue weighted by molar-refractivity contribution is 6.05. The molecule has 0 amide bonds. The lowest BCUT2D eigenvalue weighted by atomic mass is 10.1. The fourth-order valence-electron chi connectivity index (χ4n) is 3.00. The van der Waals surface area contributed by atoms with Crippen LogP contribution >= 0.6 is 0 Å². The molecule has 0 radical (unpaired) electrons. The molecular weight excluding hydrogens is 372 g/mol. The van der Waals surface area contributed by atoms with E-state index in [4.69, 9.17) is 14.2 Å². The molecule has 0 bridgehead atoms. The van der Waals surface area contributed by atoms with Gasteiger partial charge in [-0.25, -0.2) is 9.59 Å². The second kappa shape index (κ2) is 8.97. The number of methoxy groups -OCH3 is 2. The summed E-state index contributed by atoms with van der Waals surface area (Å²) in [5, 5.41) is 0. The van der Waals surface area contributed by atoms with Crippen molar-refractivity contribution in [2.75, 3.05) is 25.7 Å². The van der Waals surface area contributed by atoms with Crippen LogP contribution in [-0.2, 0) is 19.1 Å². The van der Waals surface area contributed by atoms with Crippen LogP contribution < -0.4 is 9.64 Å². The van der Waals surface area contributed by atoms with Gasteiger partial charge in [-0.2, -0.15) is 0 Å². The van der Waals surface area contributed by atoms with E-state index in [9.17, 15) is 9.59 Å². The number of rotatable bonds is 6. The van der Waals surface area contributed by atoms with Crippen LogP contribution in [0.4, 0.5) is 5.69 Å². The van der Waals surface area contributed by atoms with E-state index in [1.165, 1.54) is 20.3 Å². The smallest absolute Gasteiger partial charge is 0.355 e. The van der Waals surface area contributed by atoms with E-state index in [1.807, 2.05) is 54.2 Å². The molecule has 1 aliphatic heterocycles. The Kier molecular flexibility index (Phi) is 6.19. The molecule has 7 nitrogen and oxygen atoms in total. The number of anilines is 1. The standard InChI is InChI=1S/C22H22N2O5/c1-4-29-19-11-10-16(15-18(19)23-12-7-8-13-23)24-14-6-5-9-17(21(25)27-2)20(24)22(26)28-3/h5-15H,4H2,1-3H3. The highest BCUT2D eigenvalue weighted by Gasteiger charge is 2.28. The molecule has 0 N–H and O–H groups in total. The van der Waals surface area contributed by atoms with E-state index in [1.54, 1.807) is 23.3 Å². The highest BCUT2D eigenvalue weighted by atomic mass is 16.5. The summed E-state index contributed by atoms with van der Waals surface area (Å²) in [4.78, 5) is 26.5. The van der Waals surface area contributed by atoms with Crippen LogP contribution in [0.2, 0.25) is 0 Å². The first-order valence-electron chi connectivity index (χ1n) is 9.06. The van der Waals surface area contributed by atoms with E-state index in [0.717, 1.165) is 5.69 Å². The highest BCUT2D eigenvalue weighted by Crippen LogP contribution is 2.32. The lowest BCUT2D eigenvalue weighted by molar-refractivity contribution is -0.139. The van der Waals surface area contributed by atoms with Crippen molar-refractivity contribution in [3.63, 3.8) is 0 Å². The first-order valence-corrected chi connectivity index (χ1v) is 9.06. The van der Waals surface area contributed by atoms with Crippen molar-refractivity contribution < 1.29 is 23.8 Å². The molecule has 1 aliphatic rings. The summed E-state index contributed by atoms with van der Waals surface area (Å²) in [6.45, 7) is 2.43. The van der Waals surface area contributed by atoms with Crippen molar-refractivity contribution in [2.24, 2.45) is 0 Å². The van der Waals surface area contributed by atoms with Gasteiger partial charge in [0.1, 0.15) is 11.4 Å². The summed E-state index contributed by atoms with van der Waals surface area (Å²) in [7, 11) is 2.53. The second-order valence-corrected chi connectivity index (χ2v) is 5.99. The number of esters is 2. The number of nitrogens with zero attached hydrogens (tertiary/aromatic N) is 2. The molecule has 0 saturated carbocycles. The van der Waals surface area contributed by atoms with E-state index >= 15 is 0 Å². The van der Waals surface area contributed by atoms with Gasteiger partial charge in [-0.05, 0) is 49.4 Å². The van der Waals surface area contributed by atoms with Gasteiger partial charge < -0.3 is 23.7 Å². The van der Waals surface area contributed by atoms with Crippen LogP contribution in [0.1, 0.15) is 6.92 Å². The topological polar surface area (TPSA) is 70.0 Å². The van der Waals surface area contributed by atoms with Crippen molar-refractivity contribution in [3.05, 3.63) is 78.4 Å². The Morgan fingerprint density at radius 3 is 2.38 bits per heavy atom. The second-order valence-electron chi connectivity index (χ2n) is 5.99. The number of allylic oxidation sites excluding steroid dienone is 2. The van der Waals surface area contributed by atoms with E-state index in [2.05, 4.69) is 0 Å². The average molecular weight is 394 g/mol. The van der Waals surface area contributed by atoms with Crippen LogP contribution in [-0.4, -0.2) is 37.3 Å². The third-order valence-electron chi connectivity index (χ3n) is 4.29. The first kappa shape index (κ1) is 20.0. The zero-order chi connectivity index (χ0) is 20.8. The van der Waals surface area contributed by atoms with Crippen LogP contribution in [0, 0.1) is 0 Å². The summed E-state index contributed by atoms with van der Waals surface area (Å²) in [6.07, 6.45) is 10.4. The quantitative estimate of drug-likeness (QED) is 0.700. The number of aromatic nitrogens is 1. The molecular formula is C22H22N2O5. The van der Waals surface area contributed by atoms with Gasteiger partial charge in [0, 0.05) is 24.3 Å². The third kappa shape index (κ3) is 4.08. The maximum atomic E-state index is 12.6. The molecule has 1 aromatic heterocycles. The normalized spacial score (nSPS) is 13.3. The molecule has 29 heavy (non-hydrogen) atoms.